The van der Waals surface area contributed by atoms with Crippen molar-refractivity contribution in [2.75, 3.05) is 18.5 Å². The van der Waals surface area contributed by atoms with Crippen molar-refractivity contribution in [3.8, 4) is 6.07 Å². The molecular weight excluding hydrogens is 356 g/mol. The van der Waals surface area contributed by atoms with Gasteiger partial charge in [0.15, 0.2) is 6.61 Å². The first-order valence-corrected chi connectivity index (χ1v) is 8.51. The molecule has 1 aromatic heterocycles. The Labute approximate surface area is 154 Å². The van der Waals surface area contributed by atoms with Crippen LogP contribution in [-0.4, -0.2) is 31.1 Å². The average Bonchev–Trinajstić information content (AvgIpc) is 3.00. The fourth-order valence-corrected chi connectivity index (χ4v) is 3.03. The minimum atomic E-state index is -0.702. The van der Waals surface area contributed by atoms with E-state index in [1.54, 1.807) is 32.0 Å². The van der Waals surface area contributed by atoms with Gasteiger partial charge in [0.25, 0.3) is 5.91 Å². The predicted molar refractivity (Wildman–Crippen MR) is 95.1 cm³/mol. The first-order valence-electron chi connectivity index (χ1n) is 7.69. The topological polar surface area (TPSA) is 105 Å². The fraction of sp³-hybridized carbons (Fsp3) is 0.222. The maximum Gasteiger partial charge on any atom is 0.348 e. The summed E-state index contributed by atoms with van der Waals surface area (Å²) in [7, 11) is 0. The van der Waals surface area contributed by atoms with Crippen LogP contribution in [0.2, 0.25) is 0 Å². The second-order valence-corrected chi connectivity index (χ2v) is 6.21. The first kappa shape index (κ1) is 19.1. The molecule has 0 aliphatic rings. The normalized spacial score (nSPS) is 9.88. The van der Waals surface area contributed by atoms with Gasteiger partial charge in [-0.1, -0.05) is 6.07 Å². The van der Waals surface area contributed by atoms with Crippen molar-refractivity contribution < 1.29 is 23.9 Å². The Morgan fingerprint density at radius 1 is 1.19 bits per heavy atom. The molecule has 134 valence electrons. The van der Waals surface area contributed by atoms with Gasteiger partial charge in [0, 0.05) is 0 Å². The van der Waals surface area contributed by atoms with Gasteiger partial charge < -0.3 is 14.8 Å². The van der Waals surface area contributed by atoms with Gasteiger partial charge >= 0.3 is 11.9 Å². The quantitative estimate of drug-likeness (QED) is 0.782. The summed E-state index contributed by atoms with van der Waals surface area (Å²) in [6, 6.07) is 9.56. The number of amides is 1. The number of hydrogen-bond acceptors (Lipinski definition) is 7. The molecule has 0 radical (unpaired) electrons. The number of rotatable bonds is 6. The molecule has 0 bridgehead atoms. The minimum Gasteiger partial charge on any atom is -0.462 e. The molecular formula is C18H16N2O5S. The lowest BCUT2D eigenvalue weighted by molar-refractivity contribution is -0.119. The van der Waals surface area contributed by atoms with Crippen LogP contribution in [0, 0.1) is 18.3 Å². The third-order valence-electron chi connectivity index (χ3n) is 3.20. The number of benzene rings is 1. The summed E-state index contributed by atoms with van der Waals surface area (Å²) in [6.45, 7) is 3.23. The van der Waals surface area contributed by atoms with Crippen LogP contribution in [0.4, 0.5) is 5.00 Å². The molecule has 0 aliphatic heterocycles. The summed E-state index contributed by atoms with van der Waals surface area (Å²) < 4.78 is 9.88. The summed E-state index contributed by atoms with van der Waals surface area (Å²) in [5, 5.41) is 11.9. The maximum atomic E-state index is 11.9. The molecule has 0 saturated carbocycles. The Morgan fingerprint density at radius 2 is 1.96 bits per heavy atom. The van der Waals surface area contributed by atoms with Crippen molar-refractivity contribution >= 4 is 34.2 Å². The van der Waals surface area contributed by atoms with Gasteiger partial charge in [-0.15, -0.1) is 11.3 Å². The fourth-order valence-electron chi connectivity index (χ4n) is 2.05. The number of aryl methyl sites for hydroxylation is 1. The zero-order valence-corrected chi connectivity index (χ0v) is 15.0. The summed E-state index contributed by atoms with van der Waals surface area (Å²) in [5.41, 5.74) is 1.20. The highest BCUT2D eigenvalue weighted by Gasteiger charge is 2.17. The van der Waals surface area contributed by atoms with Crippen molar-refractivity contribution in [1.82, 2.24) is 0 Å². The van der Waals surface area contributed by atoms with Gasteiger partial charge in [0.1, 0.15) is 4.88 Å². The van der Waals surface area contributed by atoms with E-state index in [1.807, 2.05) is 6.07 Å². The van der Waals surface area contributed by atoms with Crippen molar-refractivity contribution in [2.24, 2.45) is 0 Å². The standard InChI is InChI=1S/C18H16N2O5S/c1-3-24-18(23)16-11(2)7-15(26-16)20-14(21)10-25-17(22)13-6-4-5-12(8-13)9-19/h4-8H,3,10H2,1-2H3,(H,20,21). The number of ether oxygens (including phenoxy) is 2. The first-order chi connectivity index (χ1) is 12.4. The number of nitrogens with one attached hydrogen (secondary N) is 1. The highest BCUT2D eigenvalue weighted by Crippen LogP contribution is 2.27. The van der Waals surface area contributed by atoms with Crippen LogP contribution in [0.1, 0.15) is 38.1 Å². The van der Waals surface area contributed by atoms with E-state index in [0.717, 1.165) is 11.3 Å². The lowest BCUT2D eigenvalue weighted by Gasteiger charge is -2.05. The highest BCUT2D eigenvalue weighted by molar-refractivity contribution is 7.18. The number of hydrogen-bond donors (Lipinski definition) is 1. The SMILES string of the molecule is CCOC(=O)c1sc(NC(=O)COC(=O)c2cccc(C#N)c2)cc1C. The van der Waals surface area contributed by atoms with Crippen molar-refractivity contribution in [3.63, 3.8) is 0 Å². The number of esters is 2. The monoisotopic (exact) mass is 372 g/mol. The molecule has 7 nitrogen and oxygen atoms in total. The van der Waals surface area contributed by atoms with E-state index >= 15 is 0 Å². The lowest BCUT2D eigenvalue weighted by atomic mass is 10.1. The molecule has 1 N–H and O–H groups in total. The molecule has 0 aliphatic carbocycles. The largest absolute Gasteiger partial charge is 0.462 e. The van der Waals surface area contributed by atoms with Crippen LogP contribution in [0.25, 0.3) is 0 Å². The Bertz CT molecular complexity index is 882. The van der Waals surface area contributed by atoms with Crippen molar-refractivity contribution in [3.05, 3.63) is 51.9 Å². The van der Waals surface area contributed by atoms with Gasteiger partial charge in [0.2, 0.25) is 0 Å². The molecule has 1 aromatic carbocycles. The zero-order chi connectivity index (χ0) is 19.1. The molecule has 0 fully saturated rings. The number of nitrogens with zero attached hydrogens (tertiary/aromatic N) is 1. The van der Waals surface area contributed by atoms with Crippen LogP contribution >= 0.6 is 11.3 Å². The number of carbonyl (C=O) groups is 3. The van der Waals surface area contributed by atoms with Gasteiger partial charge in [-0.05, 0) is 43.7 Å². The van der Waals surface area contributed by atoms with E-state index in [-0.39, 0.29) is 12.2 Å². The maximum absolute atomic E-state index is 11.9. The van der Waals surface area contributed by atoms with Crippen LogP contribution < -0.4 is 5.32 Å². The van der Waals surface area contributed by atoms with Gasteiger partial charge in [-0.3, -0.25) is 4.79 Å². The second-order valence-electron chi connectivity index (χ2n) is 5.16. The Kier molecular flexibility index (Phi) is 6.47. The lowest BCUT2D eigenvalue weighted by Crippen LogP contribution is -2.20. The average molecular weight is 372 g/mol. The van der Waals surface area contributed by atoms with Crippen molar-refractivity contribution in [2.45, 2.75) is 13.8 Å². The number of nitriles is 1. The number of thiophene rings is 1. The molecule has 8 heteroatoms. The smallest absolute Gasteiger partial charge is 0.348 e. The molecule has 0 atom stereocenters. The van der Waals surface area contributed by atoms with Crippen LogP contribution in [0.3, 0.4) is 0 Å². The van der Waals surface area contributed by atoms with E-state index in [2.05, 4.69) is 5.32 Å². The third-order valence-corrected chi connectivity index (χ3v) is 4.34. The van der Waals surface area contributed by atoms with E-state index in [1.165, 1.54) is 12.1 Å². The van der Waals surface area contributed by atoms with E-state index in [0.29, 0.717) is 21.0 Å². The Balaban J connectivity index is 1.93. The zero-order valence-electron chi connectivity index (χ0n) is 14.2. The molecule has 0 saturated heterocycles. The van der Waals surface area contributed by atoms with Crippen LogP contribution in [0.15, 0.2) is 30.3 Å². The summed E-state index contributed by atoms with van der Waals surface area (Å²) in [6.07, 6.45) is 0. The molecule has 26 heavy (non-hydrogen) atoms. The van der Waals surface area contributed by atoms with Crippen LogP contribution in [0.5, 0.6) is 0 Å². The molecule has 1 heterocycles. The number of carbonyl (C=O) groups excluding carboxylic acids is 3. The Hall–Kier alpha value is -3.18. The molecule has 0 spiro atoms. The summed E-state index contributed by atoms with van der Waals surface area (Å²) in [4.78, 5) is 36.0. The van der Waals surface area contributed by atoms with Crippen LogP contribution in [-0.2, 0) is 14.3 Å². The second kappa shape index (κ2) is 8.78. The third kappa shape index (κ3) is 4.91. The summed E-state index contributed by atoms with van der Waals surface area (Å²) in [5.74, 6) is -1.68. The van der Waals surface area contributed by atoms with E-state index in [4.69, 9.17) is 14.7 Å². The van der Waals surface area contributed by atoms with Crippen molar-refractivity contribution in [1.29, 1.82) is 5.26 Å². The number of anilines is 1. The molecule has 2 rings (SSSR count). The molecule has 0 unspecified atom stereocenters. The Morgan fingerprint density at radius 3 is 2.65 bits per heavy atom. The van der Waals surface area contributed by atoms with Gasteiger partial charge in [0.05, 0.1) is 28.8 Å². The molecule has 2 aromatic rings. The van der Waals surface area contributed by atoms with E-state index in [9.17, 15) is 14.4 Å². The van der Waals surface area contributed by atoms with E-state index < -0.39 is 24.5 Å². The minimum absolute atomic E-state index is 0.188. The summed E-state index contributed by atoms with van der Waals surface area (Å²) >= 11 is 1.09. The van der Waals surface area contributed by atoms with Gasteiger partial charge in [-0.25, -0.2) is 9.59 Å². The predicted octanol–water partition coefficient (Wildman–Crippen LogP) is 2.90. The van der Waals surface area contributed by atoms with Gasteiger partial charge in [-0.2, -0.15) is 5.26 Å². The highest BCUT2D eigenvalue weighted by atomic mass is 32.1. The molecule has 1 amide bonds.